The average Bonchev–Trinajstić information content (AvgIpc) is 2.40. The van der Waals surface area contributed by atoms with E-state index >= 15 is 0 Å². The lowest BCUT2D eigenvalue weighted by atomic mass is 9.63. The Morgan fingerprint density at radius 2 is 2.05 bits per heavy atom. The van der Waals surface area contributed by atoms with E-state index in [2.05, 4.69) is 6.07 Å². The molecule has 4 heteroatoms. The molecule has 1 aromatic carbocycles. The van der Waals surface area contributed by atoms with E-state index in [9.17, 15) is 0 Å². The van der Waals surface area contributed by atoms with Crippen LogP contribution in [0.1, 0.15) is 30.4 Å². The third kappa shape index (κ3) is 1.99. The molecule has 0 unspecified atom stereocenters. The molecule has 0 saturated heterocycles. The van der Waals surface area contributed by atoms with Crippen molar-refractivity contribution in [1.82, 2.24) is 0 Å². The van der Waals surface area contributed by atoms with Gasteiger partial charge in [-0.1, -0.05) is 12.5 Å². The molecule has 0 radical (unpaired) electrons. The Labute approximate surface area is 113 Å². The highest BCUT2D eigenvalue weighted by Gasteiger charge is 2.40. The number of fused-ring (bicyclic) bond motifs is 1. The fraction of sp³-hybridized carbons (Fsp3) is 0.600. The zero-order valence-electron chi connectivity index (χ0n) is 11.4. The maximum absolute atomic E-state index is 6.03. The molecule has 3 rings (SSSR count). The number of hydrogen-bond donors (Lipinski definition) is 1. The summed E-state index contributed by atoms with van der Waals surface area (Å²) in [6.07, 6.45) is 3.55. The summed E-state index contributed by atoms with van der Waals surface area (Å²) >= 11 is 0. The van der Waals surface area contributed by atoms with Crippen LogP contribution in [0.4, 0.5) is 0 Å². The lowest BCUT2D eigenvalue weighted by Crippen LogP contribution is -2.42. The van der Waals surface area contributed by atoms with Crippen LogP contribution in [0.15, 0.2) is 12.1 Å². The monoisotopic (exact) mass is 263 g/mol. The van der Waals surface area contributed by atoms with Gasteiger partial charge in [0.1, 0.15) is 13.2 Å². The largest absolute Gasteiger partial charge is 0.486 e. The van der Waals surface area contributed by atoms with Gasteiger partial charge in [-0.15, -0.1) is 0 Å². The van der Waals surface area contributed by atoms with Crippen molar-refractivity contribution in [1.29, 1.82) is 0 Å². The van der Waals surface area contributed by atoms with E-state index in [0.29, 0.717) is 26.4 Å². The van der Waals surface area contributed by atoms with Gasteiger partial charge in [-0.3, -0.25) is 0 Å². The Kier molecular flexibility index (Phi) is 3.37. The molecule has 0 aromatic heterocycles. The molecule has 2 aliphatic rings. The maximum atomic E-state index is 6.03. The van der Waals surface area contributed by atoms with Crippen LogP contribution in [-0.4, -0.2) is 26.9 Å². The lowest BCUT2D eigenvalue weighted by molar-refractivity contribution is 0.148. The van der Waals surface area contributed by atoms with Crippen molar-refractivity contribution < 1.29 is 14.2 Å². The molecule has 1 heterocycles. The Bertz CT molecular complexity index is 463. The van der Waals surface area contributed by atoms with Crippen LogP contribution < -0.4 is 15.2 Å². The second kappa shape index (κ2) is 5.02. The van der Waals surface area contributed by atoms with Gasteiger partial charge >= 0.3 is 0 Å². The third-order valence-electron chi connectivity index (χ3n) is 4.37. The maximum Gasteiger partial charge on any atom is 0.167 e. The van der Waals surface area contributed by atoms with E-state index in [0.717, 1.165) is 29.9 Å². The van der Waals surface area contributed by atoms with Gasteiger partial charge in [-0.05, 0) is 24.5 Å². The molecule has 4 nitrogen and oxygen atoms in total. The highest BCUT2D eigenvalue weighted by Crippen LogP contribution is 2.48. The van der Waals surface area contributed by atoms with Gasteiger partial charge in [0, 0.05) is 24.6 Å². The predicted octanol–water partition coefficient (Wildman–Crippen LogP) is 1.98. The van der Waals surface area contributed by atoms with E-state index in [4.69, 9.17) is 19.9 Å². The molecule has 104 valence electrons. The fourth-order valence-electron chi connectivity index (χ4n) is 3.15. The minimum Gasteiger partial charge on any atom is -0.486 e. The Morgan fingerprint density at radius 1 is 1.26 bits per heavy atom. The van der Waals surface area contributed by atoms with Gasteiger partial charge < -0.3 is 19.9 Å². The van der Waals surface area contributed by atoms with Crippen molar-refractivity contribution in [2.24, 2.45) is 5.73 Å². The topological polar surface area (TPSA) is 53.7 Å². The van der Waals surface area contributed by atoms with Gasteiger partial charge in [0.15, 0.2) is 11.5 Å². The first-order chi connectivity index (χ1) is 9.30. The van der Waals surface area contributed by atoms with Gasteiger partial charge in [-0.25, -0.2) is 0 Å². The molecule has 1 aromatic rings. The van der Waals surface area contributed by atoms with E-state index in [1.807, 2.05) is 6.07 Å². The fourth-order valence-corrected chi connectivity index (χ4v) is 3.15. The van der Waals surface area contributed by atoms with Crippen molar-refractivity contribution in [3.8, 4) is 11.5 Å². The first kappa shape index (κ1) is 12.8. The van der Waals surface area contributed by atoms with Crippen LogP contribution >= 0.6 is 0 Å². The van der Waals surface area contributed by atoms with Gasteiger partial charge in [0.2, 0.25) is 0 Å². The summed E-state index contributed by atoms with van der Waals surface area (Å²) in [6, 6.07) is 4.16. The standard InChI is InChI=1S/C15H21NO3/c1-17-9-11-12(15(10-16)5-2-6-15)3-4-13-14(11)19-8-7-18-13/h3-4H,2,5-10,16H2,1H3. The normalized spacial score (nSPS) is 19.9. The summed E-state index contributed by atoms with van der Waals surface area (Å²) in [5, 5.41) is 0. The molecule has 1 aliphatic carbocycles. The second-order valence-electron chi connectivity index (χ2n) is 5.39. The van der Waals surface area contributed by atoms with Gasteiger partial charge in [-0.2, -0.15) is 0 Å². The molecule has 0 spiro atoms. The van der Waals surface area contributed by atoms with E-state index in [1.165, 1.54) is 12.0 Å². The highest BCUT2D eigenvalue weighted by atomic mass is 16.6. The summed E-state index contributed by atoms with van der Waals surface area (Å²) in [5.74, 6) is 1.68. The van der Waals surface area contributed by atoms with E-state index in [-0.39, 0.29) is 5.41 Å². The molecule has 0 bridgehead atoms. The van der Waals surface area contributed by atoms with Crippen LogP contribution in [0.25, 0.3) is 0 Å². The first-order valence-electron chi connectivity index (χ1n) is 6.92. The molecule has 1 saturated carbocycles. The molecule has 0 atom stereocenters. The minimum absolute atomic E-state index is 0.115. The second-order valence-corrected chi connectivity index (χ2v) is 5.39. The SMILES string of the molecule is COCc1c(C2(CN)CCC2)ccc2c1OCCO2. The number of rotatable bonds is 4. The Hall–Kier alpha value is -1.26. The van der Waals surface area contributed by atoms with Crippen molar-refractivity contribution in [3.63, 3.8) is 0 Å². The molecule has 0 amide bonds. The number of hydrogen-bond acceptors (Lipinski definition) is 4. The van der Waals surface area contributed by atoms with E-state index < -0.39 is 0 Å². The number of benzene rings is 1. The van der Waals surface area contributed by atoms with Crippen molar-refractivity contribution >= 4 is 0 Å². The summed E-state index contributed by atoms with van der Waals surface area (Å²) in [7, 11) is 1.71. The van der Waals surface area contributed by atoms with E-state index in [1.54, 1.807) is 7.11 Å². The Balaban J connectivity index is 2.08. The third-order valence-corrected chi connectivity index (χ3v) is 4.37. The molecule has 1 aliphatic heterocycles. The van der Waals surface area contributed by atoms with Crippen molar-refractivity contribution in [2.45, 2.75) is 31.3 Å². The quantitative estimate of drug-likeness (QED) is 0.902. The smallest absolute Gasteiger partial charge is 0.167 e. The molecular weight excluding hydrogens is 242 g/mol. The highest BCUT2D eigenvalue weighted by molar-refractivity contribution is 5.54. The molecule has 1 fully saturated rings. The summed E-state index contributed by atoms with van der Waals surface area (Å²) < 4.78 is 16.8. The van der Waals surface area contributed by atoms with Crippen LogP contribution in [0.3, 0.4) is 0 Å². The van der Waals surface area contributed by atoms with Crippen LogP contribution in [0, 0.1) is 0 Å². The van der Waals surface area contributed by atoms with Crippen molar-refractivity contribution in [2.75, 3.05) is 26.9 Å². The molecule has 19 heavy (non-hydrogen) atoms. The predicted molar refractivity (Wildman–Crippen MR) is 72.7 cm³/mol. The van der Waals surface area contributed by atoms with Gasteiger partial charge in [0.05, 0.1) is 6.61 Å². The summed E-state index contributed by atoms with van der Waals surface area (Å²) in [6.45, 7) is 2.44. The molecular formula is C15H21NO3. The first-order valence-corrected chi connectivity index (χ1v) is 6.92. The van der Waals surface area contributed by atoms with Crippen LogP contribution in [-0.2, 0) is 16.8 Å². The van der Waals surface area contributed by atoms with Crippen LogP contribution in [0.2, 0.25) is 0 Å². The number of methoxy groups -OCH3 is 1. The van der Waals surface area contributed by atoms with Crippen LogP contribution in [0.5, 0.6) is 11.5 Å². The summed E-state index contributed by atoms with van der Waals surface area (Å²) in [5.41, 5.74) is 8.54. The summed E-state index contributed by atoms with van der Waals surface area (Å²) in [4.78, 5) is 0. The Morgan fingerprint density at radius 3 is 2.68 bits per heavy atom. The zero-order valence-corrected chi connectivity index (χ0v) is 11.4. The number of nitrogens with two attached hydrogens (primary N) is 1. The van der Waals surface area contributed by atoms with Crippen molar-refractivity contribution in [3.05, 3.63) is 23.3 Å². The number of ether oxygens (including phenoxy) is 3. The zero-order chi connectivity index (χ0) is 13.3. The van der Waals surface area contributed by atoms with Gasteiger partial charge in [0.25, 0.3) is 0 Å². The lowest BCUT2D eigenvalue weighted by Gasteiger charge is -2.43. The average molecular weight is 263 g/mol. The molecule has 2 N–H and O–H groups in total. The minimum atomic E-state index is 0.115.